The van der Waals surface area contributed by atoms with Gasteiger partial charge in [-0.2, -0.15) is 0 Å². The van der Waals surface area contributed by atoms with Crippen LogP contribution in [0.15, 0.2) is 22.1 Å². The Bertz CT molecular complexity index is 590. The van der Waals surface area contributed by atoms with Gasteiger partial charge in [0.25, 0.3) is 0 Å². The van der Waals surface area contributed by atoms with Gasteiger partial charge >= 0.3 is 0 Å². The van der Waals surface area contributed by atoms with Gasteiger partial charge in [-0.3, -0.25) is 4.79 Å². The third-order valence-electron chi connectivity index (χ3n) is 2.90. The number of aromatic nitrogens is 2. The standard InChI is InChI=1S/C13H16BrN3OS/c1-9-15-11(8-19-9)5-13(18)17(3)7-12-4-10(14)6-16(12)2/h4,6,8H,5,7H2,1-3H3. The number of hydrogen-bond acceptors (Lipinski definition) is 3. The average molecular weight is 342 g/mol. The number of carbonyl (C=O) groups excluding carboxylic acids is 1. The van der Waals surface area contributed by atoms with E-state index < -0.39 is 0 Å². The molecule has 0 unspecified atom stereocenters. The molecule has 0 fully saturated rings. The molecule has 2 heterocycles. The SMILES string of the molecule is Cc1nc(CC(=O)N(C)Cc2cc(Br)cn2C)cs1. The van der Waals surface area contributed by atoms with Gasteiger partial charge in [0.15, 0.2) is 0 Å². The number of amides is 1. The Labute approximate surface area is 125 Å². The number of hydrogen-bond donors (Lipinski definition) is 0. The van der Waals surface area contributed by atoms with Gasteiger partial charge < -0.3 is 9.47 Å². The number of likely N-dealkylation sites (N-methyl/N-ethyl adjacent to an activating group) is 1. The van der Waals surface area contributed by atoms with Crippen molar-refractivity contribution in [3.8, 4) is 0 Å². The molecule has 0 N–H and O–H groups in total. The molecular weight excluding hydrogens is 326 g/mol. The number of aryl methyl sites for hydroxylation is 2. The van der Waals surface area contributed by atoms with Crippen LogP contribution in [-0.4, -0.2) is 27.4 Å². The Morgan fingerprint density at radius 1 is 1.58 bits per heavy atom. The number of rotatable bonds is 4. The van der Waals surface area contributed by atoms with Gasteiger partial charge in [-0.25, -0.2) is 4.98 Å². The highest BCUT2D eigenvalue weighted by atomic mass is 79.9. The van der Waals surface area contributed by atoms with Crippen molar-refractivity contribution in [2.75, 3.05) is 7.05 Å². The summed E-state index contributed by atoms with van der Waals surface area (Å²) in [5.74, 6) is 0.0858. The van der Waals surface area contributed by atoms with E-state index in [1.54, 1.807) is 16.2 Å². The largest absolute Gasteiger partial charge is 0.352 e. The zero-order valence-electron chi connectivity index (χ0n) is 11.2. The zero-order chi connectivity index (χ0) is 14.0. The molecule has 0 aliphatic heterocycles. The van der Waals surface area contributed by atoms with Gasteiger partial charge in [0.05, 0.1) is 23.7 Å². The monoisotopic (exact) mass is 341 g/mol. The van der Waals surface area contributed by atoms with Crippen molar-refractivity contribution in [2.45, 2.75) is 19.9 Å². The molecule has 0 aromatic carbocycles. The summed E-state index contributed by atoms with van der Waals surface area (Å²) < 4.78 is 3.04. The lowest BCUT2D eigenvalue weighted by Gasteiger charge is -2.17. The van der Waals surface area contributed by atoms with E-state index in [4.69, 9.17) is 0 Å². The maximum Gasteiger partial charge on any atom is 0.228 e. The van der Waals surface area contributed by atoms with E-state index in [2.05, 4.69) is 20.9 Å². The molecule has 2 aromatic heterocycles. The van der Waals surface area contributed by atoms with E-state index in [1.165, 1.54) is 0 Å². The molecule has 6 heteroatoms. The van der Waals surface area contributed by atoms with Crippen LogP contribution in [0.2, 0.25) is 0 Å². The van der Waals surface area contributed by atoms with Gasteiger partial charge in [0.1, 0.15) is 0 Å². The van der Waals surface area contributed by atoms with Crippen molar-refractivity contribution in [1.29, 1.82) is 0 Å². The van der Waals surface area contributed by atoms with Crippen LogP contribution in [0.25, 0.3) is 0 Å². The number of thiazole rings is 1. The smallest absolute Gasteiger partial charge is 0.228 e. The fourth-order valence-electron chi connectivity index (χ4n) is 1.83. The van der Waals surface area contributed by atoms with E-state index >= 15 is 0 Å². The number of carbonyl (C=O) groups is 1. The molecule has 0 saturated heterocycles. The second-order valence-corrected chi connectivity index (χ2v) is 6.52. The predicted molar refractivity (Wildman–Crippen MR) is 80.1 cm³/mol. The van der Waals surface area contributed by atoms with Gasteiger partial charge in [-0.05, 0) is 28.9 Å². The molecule has 2 rings (SSSR count). The minimum atomic E-state index is 0.0858. The molecular formula is C13H16BrN3OS. The van der Waals surface area contributed by atoms with Crippen LogP contribution in [-0.2, 0) is 24.8 Å². The van der Waals surface area contributed by atoms with E-state index in [0.717, 1.165) is 20.9 Å². The minimum Gasteiger partial charge on any atom is -0.352 e. The van der Waals surface area contributed by atoms with Crippen LogP contribution in [0.3, 0.4) is 0 Å². The molecule has 1 amide bonds. The lowest BCUT2D eigenvalue weighted by Crippen LogP contribution is -2.28. The zero-order valence-corrected chi connectivity index (χ0v) is 13.6. The molecule has 0 bridgehead atoms. The fraction of sp³-hybridized carbons (Fsp3) is 0.385. The van der Waals surface area contributed by atoms with Crippen molar-refractivity contribution in [2.24, 2.45) is 7.05 Å². The predicted octanol–water partition coefficient (Wildman–Crippen LogP) is 2.75. The molecule has 0 aliphatic carbocycles. The van der Waals surface area contributed by atoms with Gasteiger partial charge in [-0.15, -0.1) is 11.3 Å². The summed E-state index contributed by atoms with van der Waals surface area (Å²) in [6.45, 7) is 2.55. The highest BCUT2D eigenvalue weighted by molar-refractivity contribution is 9.10. The van der Waals surface area contributed by atoms with Crippen molar-refractivity contribution in [3.05, 3.63) is 38.5 Å². The van der Waals surface area contributed by atoms with Gasteiger partial charge in [0.2, 0.25) is 5.91 Å². The molecule has 0 radical (unpaired) electrons. The summed E-state index contributed by atoms with van der Waals surface area (Å²) in [6.07, 6.45) is 2.35. The summed E-state index contributed by atoms with van der Waals surface area (Å²) in [4.78, 5) is 18.2. The molecule has 2 aromatic rings. The Morgan fingerprint density at radius 2 is 2.32 bits per heavy atom. The highest BCUT2D eigenvalue weighted by Crippen LogP contribution is 2.15. The molecule has 4 nitrogen and oxygen atoms in total. The van der Waals surface area contributed by atoms with Gasteiger partial charge in [0, 0.05) is 35.8 Å². The minimum absolute atomic E-state index is 0.0858. The quantitative estimate of drug-likeness (QED) is 0.857. The Balaban J connectivity index is 1.97. The number of nitrogens with zero attached hydrogens (tertiary/aromatic N) is 3. The lowest BCUT2D eigenvalue weighted by molar-refractivity contribution is -0.129. The van der Waals surface area contributed by atoms with E-state index in [1.807, 2.05) is 43.2 Å². The van der Waals surface area contributed by atoms with Crippen LogP contribution in [0.4, 0.5) is 0 Å². The summed E-state index contributed by atoms with van der Waals surface area (Å²) in [6, 6.07) is 2.02. The molecule has 19 heavy (non-hydrogen) atoms. The first-order valence-electron chi connectivity index (χ1n) is 5.91. The normalized spacial score (nSPS) is 10.7. The molecule has 0 atom stereocenters. The summed E-state index contributed by atoms with van der Waals surface area (Å²) >= 11 is 5.01. The maximum absolute atomic E-state index is 12.1. The van der Waals surface area contributed by atoms with E-state index in [0.29, 0.717) is 13.0 Å². The first-order valence-corrected chi connectivity index (χ1v) is 7.58. The van der Waals surface area contributed by atoms with Crippen LogP contribution in [0.1, 0.15) is 16.4 Å². The van der Waals surface area contributed by atoms with Crippen molar-refractivity contribution in [3.63, 3.8) is 0 Å². The van der Waals surface area contributed by atoms with E-state index in [9.17, 15) is 4.79 Å². The first kappa shape index (κ1) is 14.3. The van der Waals surface area contributed by atoms with Crippen LogP contribution in [0.5, 0.6) is 0 Å². The van der Waals surface area contributed by atoms with Gasteiger partial charge in [-0.1, -0.05) is 0 Å². The van der Waals surface area contributed by atoms with Crippen molar-refractivity contribution >= 4 is 33.2 Å². The Morgan fingerprint density at radius 3 is 2.84 bits per heavy atom. The van der Waals surface area contributed by atoms with E-state index in [-0.39, 0.29) is 5.91 Å². The van der Waals surface area contributed by atoms with Crippen molar-refractivity contribution in [1.82, 2.24) is 14.5 Å². The molecule has 102 valence electrons. The first-order chi connectivity index (χ1) is 8.95. The Kier molecular flexibility index (Phi) is 4.42. The summed E-state index contributed by atoms with van der Waals surface area (Å²) in [5.41, 5.74) is 1.95. The maximum atomic E-state index is 12.1. The third kappa shape index (κ3) is 3.67. The molecule has 0 spiro atoms. The summed E-state index contributed by atoms with van der Waals surface area (Å²) in [5, 5.41) is 2.94. The summed E-state index contributed by atoms with van der Waals surface area (Å²) in [7, 11) is 3.80. The fourth-order valence-corrected chi connectivity index (χ4v) is 3.02. The Hall–Kier alpha value is -1.14. The topological polar surface area (TPSA) is 38.1 Å². The van der Waals surface area contributed by atoms with Crippen molar-refractivity contribution < 1.29 is 4.79 Å². The second kappa shape index (κ2) is 5.88. The lowest BCUT2D eigenvalue weighted by atomic mass is 10.3. The van der Waals surface area contributed by atoms with Crippen LogP contribution < -0.4 is 0 Å². The second-order valence-electron chi connectivity index (χ2n) is 4.55. The average Bonchev–Trinajstić information content (AvgIpc) is 2.85. The molecule has 0 saturated carbocycles. The number of halogens is 1. The highest BCUT2D eigenvalue weighted by Gasteiger charge is 2.13. The molecule has 0 aliphatic rings. The third-order valence-corrected chi connectivity index (χ3v) is 4.15. The van der Waals surface area contributed by atoms with Crippen LogP contribution >= 0.6 is 27.3 Å². The van der Waals surface area contributed by atoms with Crippen LogP contribution in [0, 0.1) is 6.92 Å².